The third-order valence-electron chi connectivity index (χ3n) is 4.55. The van der Waals surface area contributed by atoms with Crippen molar-refractivity contribution in [1.29, 1.82) is 0 Å². The Hall–Kier alpha value is -1.66. The summed E-state index contributed by atoms with van der Waals surface area (Å²) in [5, 5.41) is 7.14. The molecule has 0 spiro atoms. The van der Waals surface area contributed by atoms with Gasteiger partial charge in [-0.2, -0.15) is 0 Å². The fourth-order valence-electron chi connectivity index (χ4n) is 2.58. The molecule has 4 nitrogen and oxygen atoms in total. The first-order chi connectivity index (χ1) is 12.5. The van der Waals surface area contributed by atoms with Crippen molar-refractivity contribution in [1.82, 2.24) is 15.2 Å². The maximum absolute atomic E-state index is 5.97. The number of hydrogen-bond acceptors (Lipinski definition) is 4. The normalized spacial score (nSPS) is 11.9. The topological polar surface area (TPSA) is 37.4 Å². The molecule has 0 bridgehead atoms. The summed E-state index contributed by atoms with van der Waals surface area (Å²) in [5.41, 5.74) is 3.46. The van der Waals surface area contributed by atoms with Gasteiger partial charge in [0.05, 0.1) is 12.2 Å². The van der Waals surface area contributed by atoms with Crippen LogP contribution in [0.15, 0.2) is 23.6 Å². The van der Waals surface area contributed by atoms with Crippen LogP contribution >= 0.6 is 23.6 Å². The Labute approximate surface area is 166 Å². The number of nitrogens with one attached hydrogen (secondary N) is 1. The molecular formula is C20H29N3OS2. The van der Waals surface area contributed by atoms with Gasteiger partial charge in [-0.25, -0.2) is 4.98 Å². The van der Waals surface area contributed by atoms with Crippen LogP contribution in [-0.2, 0) is 13.2 Å². The number of thiocarbonyl (C=S) groups is 1. The van der Waals surface area contributed by atoms with Gasteiger partial charge in [0.2, 0.25) is 0 Å². The van der Waals surface area contributed by atoms with Gasteiger partial charge in [-0.1, -0.05) is 19.1 Å². The van der Waals surface area contributed by atoms with Gasteiger partial charge in [0.15, 0.2) is 5.11 Å². The van der Waals surface area contributed by atoms with Crippen molar-refractivity contribution in [2.75, 3.05) is 6.54 Å². The van der Waals surface area contributed by atoms with E-state index in [1.165, 1.54) is 11.1 Å². The molecule has 1 heterocycles. The molecule has 0 fully saturated rings. The van der Waals surface area contributed by atoms with Gasteiger partial charge < -0.3 is 15.0 Å². The molecule has 0 aliphatic carbocycles. The molecule has 0 aliphatic rings. The summed E-state index contributed by atoms with van der Waals surface area (Å²) in [6.45, 7) is 12.7. The minimum absolute atomic E-state index is 0.373. The van der Waals surface area contributed by atoms with Gasteiger partial charge in [-0.15, -0.1) is 11.3 Å². The Morgan fingerprint density at radius 2 is 2.12 bits per heavy atom. The third kappa shape index (κ3) is 5.42. The van der Waals surface area contributed by atoms with Crippen molar-refractivity contribution < 1.29 is 4.74 Å². The standard InChI is InChI=1S/C20H29N3OS2/c1-6-15(4)23(20(25)21-7-2)11-17-13-26-19(22-17)12-24-18-10-8-9-14(3)16(18)5/h8-10,13,15H,6-7,11-12H2,1-5H3,(H,21,25)/t15-/m0/s1. The predicted molar refractivity (Wildman–Crippen MR) is 114 cm³/mol. The zero-order chi connectivity index (χ0) is 19.1. The lowest BCUT2D eigenvalue weighted by Gasteiger charge is -2.30. The van der Waals surface area contributed by atoms with E-state index >= 15 is 0 Å². The van der Waals surface area contributed by atoms with E-state index in [4.69, 9.17) is 21.9 Å². The van der Waals surface area contributed by atoms with Crippen molar-refractivity contribution in [2.24, 2.45) is 0 Å². The van der Waals surface area contributed by atoms with Crippen molar-refractivity contribution >= 4 is 28.7 Å². The molecule has 2 rings (SSSR count). The second kappa shape index (κ2) is 9.88. The average molecular weight is 392 g/mol. The summed E-state index contributed by atoms with van der Waals surface area (Å²) in [6.07, 6.45) is 1.04. The van der Waals surface area contributed by atoms with Crippen LogP contribution in [0.4, 0.5) is 0 Å². The summed E-state index contributed by atoms with van der Waals surface area (Å²) in [4.78, 5) is 6.95. The zero-order valence-electron chi connectivity index (χ0n) is 16.3. The highest BCUT2D eigenvalue weighted by molar-refractivity contribution is 7.80. The van der Waals surface area contributed by atoms with E-state index in [1.807, 2.05) is 12.1 Å². The first kappa shape index (κ1) is 20.6. The predicted octanol–water partition coefficient (Wildman–Crippen LogP) is 4.83. The Balaban J connectivity index is 2.01. The number of hydrogen-bond donors (Lipinski definition) is 1. The summed E-state index contributed by atoms with van der Waals surface area (Å²) < 4.78 is 5.97. The van der Waals surface area contributed by atoms with Crippen LogP contribution in [-0.4, -0.2) is 27.6 Å². The molecule has 0 saturated heterocycles. The van der Waals surface area contributed by atoms with Gasteiger partial charge in [-0.3, -0.25) is 0 Å². The van der Waals surface area contributed by atoms with Crippen molar-refractivity contribution in [3.05, 3.63) is 45.4 Å². The molecule has 0 radical (unpaired) electrons. The highest BCUT2D eigenvalue weighted by Gasteiger charge is 2.17. The number of aromatic nitrogens is 1. The van der Waals surface area contributed by atoms with Crippen molar-refractivity contribution in [2.45, 2.75) is 60.2 Å². The van der Waals surface area contributed by atoms with Crippen molar-refractivity contribution in [3.63, 3.8) is 0 Å². The molecule has 142 valence electrons. The van der Waals surface area contributed by atoms with Gasteiger partial charge in [0.1, 0.15) is 17.4 Å². The van der Waals surface area contributed by atoms with E-state index in [2.05, 4.69) is 56.3 Å². The van der Waals surface area contributed by atoms with Crippen LogP contribution in [0, 0.1) is 13.8 Å². The SMILES string of the molecule is CCNC(=S)N(Cc1csc(COc2cccc(C)c2C)n1)[C@@H](C)CC. The fourth-order valence-corrected chi connectivity index (χ4v) is 3.67. The molecule has 26 heavy (non-hydrogen) atoms. The molecule has 0 aliphatic heterocycles. The lowest BCUT2D eigenvalue weighted by atomic mass is 10.1. The highest BCUT2D eigenvalue weighted by atomic mass is 32.1. The maximum Gasteiger partial charge on any atom is 0.169 e. The third-order valence-corrected chi connectivity index (χ3v) is 5.80. The number of thiazole rings is 1. The zero-order valence-corrected chi connectivity index (χ0v) is 18.0. The van der Waals surface area contributed by atoms with Crippen LogP contribution in [0.5, 0.6) is 5.75 Å². The quantitative estimate of drug-likeness (QED) is 0.652. The summed E-state index contributed by atoms with van der Waals surface area (Å²) in [6, 6.07) is 6.51. The van der Waals surface area contributed by atoms with Crippen LogP contribution in [0.1, 0.15) is 49.0 Å². The molecule has 1 N–H and O–H groups in total. The molecule has 6 heteroatoms. The second-order valence-electron chi connectivity index (χ2n) is 6.44. The van der Waals surface area contributed by atoms with Gasteiger partial charge in [-0.05, 0) is 63.5 Å². The number of aryl methyl sites for hydroxylation is 1. The molecule has 1 aromatic heterocycles. The van der Waals surface area contributed by atoms with Gasteiger partial charge in [0, 0.05) is 18.0 Å². The smallest absolute Gasteiger partial charge is 0.169 e. The van der Waals surface area contributed by atoms with Crippen LogP contribution in [0.3, 0.4) is 0 Å². The van der Waals surface area contributed by atoms with E-state index in [1.54, 1.807) is 11.3 Å². The van der Waals surface area contributed by atoms with E-state index in [0.29, 0.717) is 12.6 Å². The molecular weight excluding hydrogens is 362 g/mol. The fraction of sp³-hybridized carbons (Fsp3) is 0.500. The molecule has 1 atom stereocenters. The minimum atomic E-state index is 0.373. The average Bonchev–Trinajstić information content (AvgIpc) is 3.08. The van der Waals surface area contributed by atoms with Gasteiger partial charge in [0.25, 0.3) is 0 Å². The molecule has 1 aromatic carbocycles. The number of nitrogens with zero attached hydrogens (tertiary/aromatic N) is 2. The molecule has 0 amide bonds. The lowest BCUT2D eigenvalue weighted by molar-refractivity contribution is 0.298. The Bertz CT molecular complexity index is 730. The van der Waals surface area contributed by atoms with E-state index in [9.17, 15) is 0 Å². The minimum Gasteiger partial charge on any atom is -0.486 e. The Kier molecular flexibility index (Phi) is 7.85. The van der Waals surface area contributed by atoms with Crippen LogP contribution in [0.25, 0.3) is 0 Å². The van der Waals surface area contributed by atoms with Crippen LogP contribution < -0.4 is 10.1 Å². The first-order valence-electron chi connectivity index (χ1n) is 9.13. The number of benzene rings is 1. The van der Waals surface area contributed by atoms with E-state index in [-0.39, 0.29) is 0 Å². The Morgan fingerprint density at radius 3 is 2.81 bits per heavy atom. The van der Waals surface area contributed by atoms with E-state index < -0.39 is 0 Å². The summed E-state index contributed by atoms with van der Waals surface area (Å²) in [5.74, 6) is 0.927. The number of rotatable bonds is 8. The molecule has 2 aromatic rings. The first-order valence-corrected chi connectivity index (χ1v) is 10.4. The summed E-state index contributed by atoms with van der Waals surface area (Å²) in [7, 11) is 0. The maximum atomic E-state index is 5.97. The van der Waals surface area contributed by atoms with Crippen LogP contribution in [0.2, 0.25) is 0 Å². The Morgan fingerprint density at radius 1 is 1.35 bits per heavy atom. The molecule has 0 saturated carbocycles. The van der Waals surface area contributed by atoms with E-state index in [0.717, 1.165) is 41.1 Å². The number of ether oxygens (including phenoxy) is 1. The summed E-state index contributed by atoms with van der Waals surface area (Å²) >= 11 is 7.17. The van der Waals surface area contributed by atoms with Gasteiger partial charge >= 0.3 is 0 Å². The monoisotopic (exact) mass is 391 g/mol. The second-order valence-corrected chi connectivity index (χ2v) is 7.77. The molecule has 0 unspecified atom stereocenters. The highest BCUT2D eigenvalue weighted by Crippen LogP contribution is 2.23. The lowest BCUT2D eigenvalue weighted by Crippen LogP contribution is -2.44. The largest absolute Gasteiger partial charge is 0.486 e. The van der Waals surface area contributed by atoms with Crippen molar-refractivity contribution in [3.8, 4) is 5.75 Å².